The average Bonchev–Trinajstić information content (AvgIpc) is 3.15. The highest BCUT2D eigenvalue weighted by Gasteiger charge is 2.26. The summed E-state index contributed by atoms with van der Waals surface area (Å²) in [7, 11) is 2.86. The zero-order valence-electron chi connectivity index (χ0n) is 16.7. The Morgan fingerprint density at radius 1 is 1.04 bits per heavy atom. The molecular weight excluding hydrogens is 364 g/mol. The maximum Gasteiger partial charge on any atom is 0.410 e. The molecule has 1 aromatic heterocycles. The molecule has 0 saturated heterocycles. The van der Waals surface area contributed by atoms with Crippen LogP contribution in [0.1, 0.15) is 61.6 Å². The summed E-state index contributed by atoms with van der Waals surface area (Å²) < 4.78 is 9.92. The Morgan fingerprint density at radius 2 is 1.67 bits per heavy atom. The van der Waals surface area contributed by atoms with E-state index in [1.807, 2.05) is 17.0 Å². The molecule has 0 bridgehead atoms. The van der Waals surface area contributed by atoms with E-state index in [1.165, 1.54) is 33.5 Å². The topological polar surface area (TPSA) is 59.1 Å². The van der Waals surface area contributed by atoms with Crippen molar-refractivity contribution in [3.05, 3.63) is 21.9 Å². The van der Waals surface area contributed by atoms with Crippen molar-refractivity contribution in [1.82, 2.24) is 9.80 Å². The minimum atomic E-state index is -0.295. The van der Waals surface area contributed by atoms with Crippen LogP contribution in [0.4, 0.5) is 9.59 Å². The fourth-order valence-corrected chi connectivity index (χ4v) is 4.55. The minimum absolute atomic E-state index is 0.254. The van der Waals surface area contributed by atoms with Gasteiger partial charge in [0.2, 0.25) is 0 Å². The molecule has 0 spiro atoms. The van der Waals surface area contributed by atoms with Gasteiger partial charge in [0.15, 0.2) is 0 Å². The number of ether oxygens (including phenoxy) is 2. The average molecular weight is 397 g/mol. The first kappa shape index (κ1) is 21.5. The predicted octanol–water partition coefficient (Wildman–Crippen LogP) is 5.02. The second kappa shape index (κ2) is 11.2. The van der Waals surface area contributed by atoms with Crippen molar-refractivity contribution in [3.63, 3.8) is 0 Å². The van der Waals surface area contributed by atoms with E-state index in [-0.39, 0.29) is 18.2 Å². The summed E-state index contributed by atoms with van der Waals surface area (Å²) in [5, 5.41) is 0. The van der Waals surface area contributed by atoms with Crippen LogP contribution >= 0.6 is 11.3 Å². The molecule has 0 aliphatic heterocycles. The van der Waals surface area contributed by atoms with Crippen molar-refractivity contribution in [2.75, 3.05) is 20.8 Å². The van der Waals surface area contributed by atoms with E-state index >= 15 is 0 Å². The number of unbranched alkanes of at least 4 members (excludes halogenated alkanes) is 1. The lowest BCUT2D eigenvalue weighted by Crippen LogP contribution is -2.40. The second-order valence-electron chi connectivity index (χ2n) is 7.00. The Hall–Kier alpha value is -1.76. The number of amides is 2. The highest BCUT2D eigenvalue weighted by atomic mass is 32.1. The number of carbonyl (C=O) groups excluding carboxylic acids is 2. The maximum absolute atomic E-state index is 12.3. The van der Waals surface area contributed by atoms with Gasteiger partial charge in [0.25, 0.3) is 0 Å². The van der Waals surface area contributed by atoms with Crippen LogP contribution < -0.4 is 0 Å². The normalized spacial score (nSPS) is 14.6. The van der Waals surface area contributed by atoms with Gasteiger partial charge in [-0.1, -0.05) is 32.6 Å². The molecule has 1 aliphatic rings. The quantitative estimate of drug-likeness (QED) is 0.619. The van der Waals surface area contributed by atoms with Crippen LogP contribution in [-0.4, -0.2) is 48.8 Å². The molecule has 1 aromatic rings. The number of hydrogen-bond acceptors (Lipinski definition) is 5. The molecule has 0 radical (unpaired) electrons. The lowest BCUT2D eigenvalue weighted by atomic mass is 9.94. The largest absolute Gasteiger partial charge is 0.453 e. The Bertz CT molecular complexity index is 599. The summed E-state index contributed by atoms with van der Waals surface area (Å²) in [4.78, 5) is 30.1. The van der Waals surface area contributed by atoms with Gasteiger partial charge in [-0.15, -0.1) is 11.3 Å². The molecule has 6 nitrogen and oxygen atoms in total. The van der Waals surface area contributed by atoms with Crippen LogP contribution in [0.3, 0.4) is 0 Å². The zero-order valence-corrected chi connectivity index (χ0v) is 17.6. The number of thiophene rings is 1. The maximum atomic E-state index is 12.3. The molecule has 7 heteroatoms. The minimum Gasteiger partial charge on any atom is -0.453 e. The standard InChI is InChI=1S/C20H32N2O4S/c1-4-5-13-21(19(23)25-2)14-17-11-12-18(27-17)15-22(20(24)26-3)16-9-7-6-8-10-16/h11-12,16H,4-10,13-15H2,1-3H3. The summed E-state index contributed by atoms with van der Waals surface area (Å²) in [5.74, 6) is 0. The molecule has 1 heterocycles. The molecule has 1 saturated carbocycles. The Labute approximate surface area is 166 Å². The molecule has 1 fully saturated rings. The van der Waals surface area contributed by atoms with E-state index in [4.69, 9.17) is 9.47 Å². The van der Waals surface area contributed by atoms with E-state index in [9.17, 15) is 9.59 Å². The molecule has 27 heavy (non-hydrogen) atoms. The van der Waals surface area contributed by atoms with Crippen LogP contribution in [0.15, 0.2) is 12.1 Å². The van der Waals surface area contributed by atoms with Gasteiger partial charge in [-0.25, -0.2) is 9.59 Å². The summed E-state index contributed by atoms with van der Waals surface area (Å²) in [6.45, 7) is 3.90. The van der Waals surface area contributed by atoms with Crippen LogP contribution in [0.5, 0.6) is 0 Å². The molecule has 2 amide bonds. The number of hydrogen-bond donors (Lipinski definition) is 0. The monoisotopic (exact) mass is 396 g/mol. The van der Waals surface area contributed by atoms with Gasteiger partial charge in [0, 0.05) is 22.3 Å². The van der Waals surface area contributed by atoms with Gasteiger partial charge in [-0.2, -0.15) is 0 Å². The molecular formula is C20H32N2O4S. The Morgan fingerprint density at radius 3 is 2.26 bits per heavy atom. The van der Waals surface area contributed by atoms with Crippen molar-refractivity contribution < 1.29 is 19.1 Å². The van der Waals surface area contributed by atoms with Gasteiger partial charge in [0.05, 0.1) is 27.3 Å². The first-order valence-corrected chi connectivity index (χ1v) is 10.7. The third-order valence-corrected chi connectivity index (χ3v) is 6.08. The van der Waals surface area contributed by atoms with Crippen molar-refractivity contribution in [1.29, 1.82) is 0 Å². The number of methoxy groups -OCH3 is 2. The zero-order chi connectivity index (χ0) is 19.6. The molecule has 0 N–H and O–H groups in total. The molecule has 0 unspecified atom stereocenters. The fraction of sp³-hybridized carbons (Fsp3) is 0.700. The van der Waals surface area contributed by atoms with Gasteiger partial charge in [-0.05, 0) is 31.4 Å². The Balaban J connectivity index is 2.03. The molecule has 2 rings (SSSR count). The Kier molecular flexibility index (Phi) is 8.91. The number of nitrogens with zero attached hydrogens (tertiary/aromatic N) is 2. The van der Waals surface area contributed by atoms with E-state index in [0.29, 0.717) is 19.6 Å². The third kappa shape index (κ3) is 6.41. The molecule has 1 aliphatic carbocycles. The van der Waals surface area contributed by atoms with Crippen molar-refractivity contribution in [3.8, 4) is 0 Å². The van der Waals surface area contributed by atoms with E-state index in [1.54, 1.807) is 16.2 Å². The van der Waals surface area contributed by atoms with E-state index < -0.39 is 0 Å². The van der Waals surface area contributed by atoms with Crippen molar-refractivity contribution in [2.45, 2.75) is 71.0 Å². The van der Waals surface area contributed by atoms with Crippen LogP contribution in [-0.2, 0) is 22.6 Å². The smallest absolute Gasteiger partial charge is 0.410 e. The fourth-order valence-electron chi connectivity index (χ4n) is 3.51. The molecule has 152 valence electrons. The van der Waals surface area contributed by atoms with Gasteiger partial charge >= 0.3 is 12.2 Å². The first-order chi connectivity index (χ1) is 13.1. The summed E-state index contributed by atoms with van der Waals surface area (Å²) in [6, 6.07) is 4.35. The third-order valence-electron chi connectivity index (χ3n) is 5.03. The van der Waals surface area contributed by atoms with Crippen LogP contribution in [0.25, 0.3) is 0 Å². The lowest BCUT2D eigenvalue weighted by molar-refractivity contribution is 0.0903. The predicted molar refractivity (Wildman–Crippen MR) is 107 cm³/mol. The molecule has 0 aromatic carbocycles. The SMILES string of the molecule is CCCCN(Cc1ccc(CN(C(=O)OC)C2CCCCC2)s1)C(=O)OC. The summed E-state index contributed by atoms with van der Waals surface area (Å²) in [5.41, 5.74) is 0. The van der Waals surface area contributed by atoms with Crippen molar-refractivity contribution >= 4 is 23.5 Å². The van der Waals surface area contributed by atoms with E-state index in [2.05, 4.69) is 6.92 Å². The summed E-state index contributed by atoms with van der Waals surface area (Å²) >= 11 is 1.64. The number of rotatable bonds is 8. The van der Waals surface area contributed by atoms with Crippen LogP contribution in [0.2, 0.25) is 0 Å². The van der Waals surface area contributed by atoms with Gasteiger partial charge in [0.1, 0.15) is 0 Å². The first-order valence-electron chi connectivity index (χ1n) is 9.84. The van der Waals surface area contributed by atoms with Gasteiger partial charge in [-0.3, -0.25) is 0 Å². The van der Waals surface area contributed by atoms with Gasteiger partial charge < -0.3 is 19.3 Å². The highest BCUT2D eigenvalue weighted by molar-refractivity contribution is 7.11. The highest BCUT2D eigenvalue weighted by Crippen LogP contribution is 2.27. The van der Waals surface area contributed by atoms with Crippen LogP contribution in [0, 0.1) is 0 Å². The second-order valence-corrected chi connectivity index (χ2v) is 8.26. The van der Waals surface area contributed by atoms with E-state index in [0.717, 1.165) is 35.4 Å². The summed E-state index contributed by atoms with van der Waals surface area (Å²) in [6.07, 6.45) is 7.09. The number of carbonyl (C=O) groups is 2. The lowest BCUT2D eigenvalue weighted by Gasteiger charge is -2.32. The molecule has 0 atom stereocenters. The van der Waals surface area contributed by atoms with Crippen molar-refractivity contribution in [2.24, 2.45) is 0 Å².